The van der Waals surface area contributed by atoms with Crippen LogP contribution in [0.3, 0.4) is 0 Å². The van der Waals surface area contributed by atoms with Gasteiger partial charge in [0.25, 0.3) is 5.91 Å². The van der Waals surface area contributed by atoms with Crippen molar-refractivity contribution < 1.29 is 19.4 Å². The first-order valence-electron chi connectivity index (χ1n) is 12.4. The van der Waals surface area contributed by atoms with Crippen molar-refractivity contribution in [3.8, 4) is 5.75 Å². The molecule has 184 valence electrons. The maximum atomic E-state index is 13.4. The topological polar surface area (TPSA) is 80.6 Å². The quantitative estimate of drug-likeness (QED) is 0.353. The van der Waals surface area contributed by atoms with Crippen LogP contribution in [0.4, 0.5) is 5.69 Å². The number of hydrogen-bond acceptors (Lipinski definition) is 3. The molecule has 6 nitrogen and oxygen atoms in total. The van der Waals surface area contributed by atoms with Crippen molar-refractivity contribution >= 4 is 17.6 Å². The van der Waals surface area contributed by atoms with Crippen molar-refractivity contribution in [2.24, 2.45) is 5.92 Å². The van der Waals surface area contributed by atoms with Gasteiger partial charge >= 0.3 is 5.97 Å². The lowest BCUT2D eigenvalue weighted by Gasteiger charge is -2.20. The third kappa shape index (κ3) is 5.59. The first-order chi connectivity index (χ1) is 16.9. The van der Waals surface area contributed by atoms with Gasteiger partial charge in [-0.25, -0.2) is 0 Å². The number of carbonyl (C=O) groups excluding carboxylic acids is 1. The highest BCUT2D eigenvalue weighted by Crippen LogP contribution is 2.48. The number of ether oxygens (including phenoxy) is 1. The molecule has 0 unspecified atom stereocenters. The monoisotopic (exact) mass is 474 g/mol. The molecule has 1 amide bonds. The zero-order valence-corrected chi connectivity index (χ0v) is 20.7. The molecule has 0 bridgehead atoms. The van der Waals surface area contributed by atoms with Crippen molar-refractivity contribution in [3.05, 3.63) is 83.2 Å². The summed E-state index contributed by atoms with van der Waals surface area (Å²) in [4.78, 5) is 24.7. The predicted molar refractivity (Wildman–Crippen MR) is 137 cm³/mol. The molecule has 1 heterocycles. The number of nitrogens with one attached hydrogen (secondary N) is 1. The Morgan fingerprint density at radius 2 is 1.89 bits per heavy atom. The van der Waals surface area contributed by atoms with E-state index in [9.17, 15) is 14.7 Å². The van der Waals surface area contributed by atoms with Gasteiger partial charge in [-0.2, -0.15) is 0 Å². The smallest absolute Gasteiger partial charge is 0.307 e. The summed E-state index contributed by atoms with van der Waals surface area (Å²) in [5, 5.41) is 12.3. The number of benzene rings is 2. The van der Waals surface area contributed by atoms with E-state index in [4.69, 9.17) is 4.74 Å². The van der Waals surface area contributed by atoms with Gasteiger partial charge in [-0.3, -0.25) is 9.59 Å². The largest absolute Gasteiger partial charge is 0.495 e. The molecule has 6 heteroatoms. The number of anilines is 1. The number of nitrogens with zero attached hydrogens (tertiary/aromatic N) is 1. The summed E-state index contributed by atoms with van der Waals surface area (Å²) in [6.07, 6.45) is 4.43. The number of aliphatic carboxylic acids is 1. The molecule has 0 radical (unpaired) electrons. The molecule has 0 aliphatic heterocycles. The normalized spacial score (nSPS) is 17.6. The van der Waals surface area contributed by atoms with Gasteiger partial charge in [0.05, 0.1) is 18.7 Å². The number of aromatic nitrogens is 1. The van der Waals surface area contributed by atoms with Gasteiger partial charge in [-0.1, -0.05) is 43.3 Å². The van der Waals surface area contributed by atoms with E-state index < -0.39 is 5.97 Å². The van der Waals surface area contributed by atoms with Crippen LogP contribution in [0, 0.1) is 5.92 Å². The number of methoxy groups -OCH3 is 1. The summed E-state index contributed by atoms with van der Waals surface area (Å²) in [7, 11) is 1.56. The molecule has 2 N–H and O–H groups in total. The Hall–Kier alpha value is -3.54. The Morgan fingerprint density at radius 1 is 1.11 bits per heavy atom. The van der Waals surface area contributed by atoms with Crippen LogP contribution in [0.25, 0.3) is 0 Å². The second kappa shape index (κ2) is 10.8. The minimum atomic E-state index is -0.775. The van der Waals surface area contributed by atoms with Crippen LogP contribution in [-0.2, 0) is 17.6 Å². The highest BCUT2D eigenvalue weighted by molar-refractivity contribution is 6.04. The minimum Gasteiger partial charge on any atom is -0.495 e. The van der Waals surface area contributed by atoms with E-state index >= 15 is 0 Å². The highest BCUT2D eigenvalue weighted by Gasteiger charge is 2.44. The Bertz CT molecular complexity index is 1180. The van der Waals surface area contributed by atoms with Crippen LogP contribution in [-0.4, -0.2) is 28.7 Å². The van der Waals surface area contributed by atoms with Crippen molar-refractivity contribution in [3.63, 3.8) is 0 Å². The van der Waals surface area contributed by atoms with Gasteiger partial charge in [-0.05, 0) is 80.3 Å². The number of rotatable bonds is 11. The van der Waals surface area contributed by atoms with E-state index in [-0.39, 0.29) is 23.8 Å². The lowest BCUT2D eigenvalue weighted by molar-refractivity contribution is -0.138. The lowest BCUT2D eigenvalue weighted by atomic mass is 10.1. The Kier molecular flexibility index (Phi) is 7.59. The fourth-order valence-corrected chi connectivity index (χ4v) is 4.78. The third-order valence-corrected chi connectivity index (χ3v) is 7.02. The van der Waals surface area contributed by atoms with Gasteiger partial charge < -0.3 is 19.7 Å². The van der Waals surface area contributed by atoms with E-state index in [0.717, 1.165) is 36.9 Å². The molecule has 1 aliphatic rings. The molecule has 1 aliphatic carbocycles. The average molecular weight is 475 g/mol. The SMILES string of the molecule is CC[C@H](C)n1c(CCCc2ccccc2)ccc1C(=O)Nc1cc([C@H]2C[C@H]2C(=O)O)ccc1OC. The van der Waals surface area contributed by atoms with Gasteiger partial charge in [0, 0.05) is 11.7 Å². The number of hydrogen-bond donors (Lipinski definition) is 2. The minimum absolute atomic E-state index is 0.0192. The zero-order chi connectivity index (χ0) is 24.9. The summed E-state index contributed by atoms with van der Waals surface area (Å²) in [5.74, 6) is -0.787. The van der Waals surface area contributed by atoms with Crippen LogP contribution in [0.2, 0.25) is 0 Å². The lowest BCUT2D eigenvalue weighted by Crippen LogP contribution is -2.21. The summed E-state index contributed by atoms with van der Waals surface area (Å²) in [6.45, 7) is 4.26. The van der Waals surface area contributed by atoms with E-state index in [0.29, 0.717) is 23.6 Å². The van der Waals surface area contributed by atoms with Gasteiger partial charge in [0.2, 0.25) is 0 Å². The molecule has 1 saturated carbocycles. The number of carboxylic acids is 1. The van der Waals surface area contributed by atoms with Crippen LogP contribution >= 0.6 is 0 Å². The van der Waals surface area contributed by atoms with E-state index in [1.807, 2.05) is 24.3 Å². The molecule has 0 saturated heterocycles. The highest BCUT2D eigenvalue weighted by atomic mass is 16.5. The average Bonchev–Trinajstić information content (AvgIpc) is 3.57. The third-order valence-electron chi connectivity index (χ3n) is 7.02. The summed E-state index contributed by atoms with van der Waals surface area (Å²) >= 11 is 0. The molecule has 3 atom stereocenters. The van der Waals surface area contributed by atoms with E-state index in [1.165, 1.54) is 5.56 Å². The summed E-state index contributed by atoms with van der Waals surface area (Å²) in [5.41, 5.74) is 4.57. The molecule has 1 aromatic heterocycles. The van der Waals surface area contributed by atoms with Crippen LogP contribution < -0.4 is 10.1 Å². The molecule has 35 heavy (non-hydrogen) atoms. The van der Waals surface area contributed by atoms with E-state index in [2.05, 4.69) is 54.1 Å². The van der Waals surface area contributed by atoms with Gasteiger partial charge in [-0.15, -0.1) is 0 Å². The van der Waals surface area contributed by atoms with Crippen LogP contribution in [0.5, 0.6) is 5.75 Å². The van der Waals surface area contributed by atoms with E-state index in [1.54, 1.807) is 13.2 Å². The van der Waals surface area contributed by atoms with Crippen LogP contribution in [0.1, 0.15) is 72.4 Å². The molecule has 3 aromatic rings. The van der Waals surface area contributed by atoms with Crippen molar-refractivity contribution in [2.75, 3.05) is 12.4 Å². The Balaban J connectivity index is 1.52. The molecule has 0 spiro atoms. The maximum Gasteiger partial charge on any atom is 0.307 e. The van der Waals surface area contributed by atoms with Crippen molar-refractivity contribution in [2.45, 2.75) is 57.9 Å². The number of carbonyl (C=O) groups is 2. The van der Waals surface area contributed by atoms with Crippen molar-refractivity contribution in [1.82, 2.24) is 4.57 Å². The molecule has 1 fully saturated rings. The molecular weight excluding hydrogens is 440 g/mol. The first kappa shape index (κ1) is 24.6. The second-order valence-electron chi connectivity index (χ2n) is 9.38. The zero-order valence-electron chi connectivity index (χ0n) is 20.7. The fourth-order valence-electron chi connectivity index (χ4n) is 4.78. The number of aryl methyl sites for hydroxylation is 2. The number of carboxylic acid groups (broad SMARTS) is 1. The van der Waals surface area contributed by atoms with Crippen LogP contribution in [0.15, 0.2) is 60.7 Å². The molecule has 4 rings (SSSR count). The Labute approximate surface area is 206 Å². The maximum absolute atomic E-state index is 13.4. The van der Waals surface area contributed by atoms with Gasteiger partial charge in [0.1, 0.15) is 11.4 Å². The van der Waals surface area contributed by atoms with Crippen molar-refractivity contribution in [1.29, 1.82) is 0 Å². The second-order valence-corrected chi connectivity index (χ2v) is 9.38. The number of amides is 1. The molecule has 2 aromatic carbocycles. The summed E-state index contributed by atoms with van der Waals surface area (Å²) < 4.78 is 7.62. The predicted octanol–water partition coefficient (Wildman–Crippen LogP) is 6.08. The Morgan fingerprint density at radius 3 is 2.54 bits per heavy atom. The fraction of sp³-hybridized carbons (Fsp3) is 0.379. The standard InChI is InChI=1S/C29H34N2O4/c1-4-19(2)31-22(12-8-11-20-9-6-5-7-10-20)14-15-26(31)28(32)30-25-17-21(13-16-27(25)35-3)23-18-24(23)29(33)34/h5-7,9-10,13-17,19,23-24H,4,8,11-12,18H2,1-3H3,(H,30,32)(H,33,34)/t19-,23+,24+/m0/s1. The first-order valence-corrected chi connectivity index (χ1v) is 12.4. The summed E-state index contributed by atoms with van der Waals surface area (Å²) in [6, 6.07) is 20.1. The molecular formula is C29H34N2O4. The van der Waals surface area contributed by atoms with Gasteiger partial charge in [0.15, 0.2) is 0 Å².